The zero-order valence-electron chi connectivity index (χ0n) is 18.0. The highest BCUT2D eigenvalue weighted by atomic mass is 32.2. The van der Waals surface area contributed by atoms with Crippen molar-refractivity contribution in [1.29, 1.82) is 0 Å². The number of aryl methyl sites for hydroxylation is 1. The molecule has 0 fully saturated rings. The van der Waals surface area contributed by atoms with Gasteiger partial charge in [0.1, 0.15) is 29.5 Å². The molecule has 4 aromatic rings. The smallest absolute Gasteiger partial charge is 0.261 e. The molecule has 168 valence electrons. The summed E-state index contributed by atoms with van der Waals surface area (Å²) in [7, 11) is -2.18. The topological polar surface area (TPSA) is 118 Å². The van der Waals surface area contributed by atoms with Crippen molar-refractivity contribution >= 4 is 38.9 Å². The second-order valence-corrected chi connectivity index (χ2v) is 8.75. The average Bonchev–Trinajstić information content (AvgIpc) is 2.81. The molecule has 0 saturated carbocycles. The molecule has 0 spiro atoms. The van der Waals surface area contributed by atoms with Crippen LogP contribution in [0.15, 0.2) is 84.1 Å². The quantitative estimate of drug-likeness (QED) is 0.351. The molecule has 3 N–H and O–H groups in total. The first-order chi connectivity index (χ1) is 15.9. The van der Waals surface area contributed by atoms with Crippen LogP contribution in [0.2, 0.25) is 0 Å². The summed E-state index contributed by atoms with van der Waals surface area (Å²) < 4.78 is 33.2. The van der Waals surface area contributed by atoms with Gasteiger partial charge in [-0.2, -0.15) is 0 Å². The molecule has 9 nitrogen and oxygen atoms in total. The van der Waals surface area contributed by atoms with Gasteiger partial charge in [-0.1, -0.05) is 6.07 Å². The van der Waals surface area contributed by atoms with Crippen molar-refractivity contribution in [3.63, 3.8) is 0 Å². The summed E-state index contributed by atoms with van der Waals surface area (Å²) in [5.74, 6) is 2.47. The Bertz CT molecular complexity index is 1350. The Labute approximate surface area is 192 Å². The van der Waals surface area contributed by atoms with Crippen LogP contribution in [0.1, 0.15) is 5.56 Å². The fourth-order valence-electron chi connectivity index (χ4n) is 3.06. The summed E-state index contributed by atoms with van der Waals surface area (Å²) in [5, 5.41) is 6.27. The molecule has 0 unspecified atom stereocenters. The number of pyridine rings is 1. The Morgan fingerprint density at radius 2 is 1.52 bits per heavy atom. The van der Waals surface area contributed by atoms with Crippen LogP contribution in [-0.4, -0.2) is 30.5 Å². The molecule has 0 atom stereocenters. The number of hydrogen-bond acceptors (Lipinski definition) is 8. The number of benzene rings is 2. The molecule has 0 aliphatic heterocycles. The van der Waals surface area contributed by atoms with Crippen molar-refractivity contribution < 1.29 is 13.2 Å². The molecule has 0 aliphatic carbocycles. The van der Waals surface area contributed by atoms with E-state index < -0.39 is 10.0 Å². The Morgan fingerprint density at radius 1 is 0.788 bits per heavy atom. The molecule has 0 aliphatic rings. The minimum absolute atomic E-state index is 0.164. The van der Waals surface area contributed by atoms with Crippen LogP contribution < -0.4 is 20.1 Å². The lowest BCUT2D eigenvalue weighted by Crippen LogP contribution is -2.13. The zero-order chi connectivity index (χ0) is 23.3. The van der Waals surface area contributed by atoms with Crippen molar-refractivity contribution in [2.45, 2.75) is 11.8 Å². The number of sulfonamides is 1. The maximum absolute atomic E-state index is 12.7. The van der Waals surface area contributed by atoms with Crippen LogP contribution in [0.5, 0.6) is 5.75 Å². The van der Waals surface area contributed by atoms with E-state index in [-0.39, 0.29) is 4.90 Å². The number of nitrogens with zero attached hydrogens (tertiary/aromatic N) is 3. The van der Waals surface area contributed by atoms with Crippen molar-refractivity contribution in [3.8, 4) is 5.75 Å². The number of methoxy groups -OCH3 is 1. The summed E-state index contributed by atoms with van der Waals surface area (Å²) in [5.41, 5.74) is 1.91. The van der Waals surface area contributed by atoms with Gasteiger partial charge >= 0.3 is 0 Å². The Balaban J connectivity index is 1.43. The normalized spacial score (nSPS) is 11.0. The number of anilines is 5. The SMILES string of the molecule is COc1ccc(S(=O)(=O)Nc2ccc(Nc3cc(Nc4ccccn4)ncn3)cc2)cc1C. The first kappa shape index (κ1) is 22.0. The number of ether oxygens (including phenoxy) is 1. The van der Waals surface area contributed by atoms with Gasteiger partial charge in [-0.05, 0) is 67.1 Å². The Morgan fingerprint density at radius 3 is 2.18 bits per heavy atom. The third kappa shape index (κ3) is 5.55. The van der Waals surface area contributed by atoms with Gasteiger partial charge in [-0.3, -0.25) is 4.72 Å². The average molecular weight is 463 g/mol. The van der Waals surface area contributed by atoms with Crippen LogP contribution in [-0.2, 0) is 10.0 Å². The van der Waals surface area contributed by atoms with Gasteiger partial charge in [0.25, 0.3) is 10.0 Å². The molecular weight excluding hydrogens is 440 g/mol. The van der Waals surface area contributed by atoms with Crippen LogP contribution in [0, 0.1) is 6.92 Å². The van der Waals surface area contributed by atoms with E-state index in [1.807, 2.05) is 18.2 Å². The van der Waals surface area contributed by atoms with E-state index in [1.54, 1.807) is 62.7 Å². The van der Waals surface area contributed by atoms with E-state index in [0.29, 0.717) is 28.9 Å². The molecule has 0 saturated heterocycles. The van der Waals surface area contributed by atoms with Gasteiger partial charge in [0.2, 0.25) is 0 Å². The number of nitrogens with one attached hydrogen (secondary N) is 3. The first-order valence-corrected chi connectivity index (χ1v) is 11.5. The first-order valence-electron chi connectivity index (χ1n) is 9.97. The molecule has 0 amide bonds. The lowest BCUT2D eigenvalue weighted by molar-refractivity contribution is 0.411. The molecule has 10 heteroatoms. The minimum Gasteiger partial charge on any atom is -0.496 e. The minimum atomic E-state index is -3.73. The van der Waals surface area contributed by atoms with Crippen molar-refractivity contribution in [2.24, 2.45) is 0 Å². The van der Waals surface area contributed by atoms with Crippen molar-refractivity contribution in [1.82, 2.24) is 15.0 Å². The predicted octanol–water partition coefficient (Wildman–Crippen LogP) is 4.48. The molecule has 0 radical (unpaired) electrons. The van der Waals surface area contributed by atoms with E-state index >= 15 is 0 Å². The van der Waals surface area contributed by atoms with Gasteiger partial charge in [0.05, 0.1) is 12.0 Å². The molecule has 33 heavy (non-hydrogen) atoms. The van der Waals surface area contributed by atoms with Gasteiger partial charge in [-0.15, -0.1) is 0 Å². The largest absolute Gasteiger partial charge is 0.496 e. The number of aromatic nitrogens is 3. The highest BCUT2D eigenvalue weighted by molar-refractivity contribution is 7.92. The maximum atomic E-state index is 12.7. The van der Waals surface area contributed by atoms with Crippen LogP contribution in [0.25, 0.3) is 0 Å². The molecule has 2 heterocycles. The summed E-state index contributed by atoms with van der Waals surface area (Å²) in [6.07, 6.45) is 3.13. The van der Waals surface area contributed by atoms with Gasteiger partial charge < -0.3 is 15.4 Å². The van der Waals surface area contributed by atoms with Crippen molar-refractivity contribution in [3.05, 3.63) is 84.8 Å². The molecular formula is C23H22N6O3S. The standard InChI is InChI=1S/C23H22N6O3S/c1-16-13-19(10-11-20(16)32-2)33(30,31)29-18-8-6-17(7-9-18)27-22-14-23(26-15-25-22)28-21-5-3-4-12-24-21/h3-15,29H,1-2H3,(H2,24,25,26,27,28). The van der Waals surface area contributed by atoms with E-state index in [1.165, 1.54) is 12.4 Å². The number of hydrogen-bond donors (Lipinski definition) is 3. The molecule has 2 aromatic carbocycles. The molecule has 2 aromatic heterocycles. The maximum Gasteiger partial charge on any atom is 0.261 e. The van der Waals surface area contributed by atoms with Gasteiger partial charge in [-0.25, -0.2) is 23.4 Å². The van der Waals surface area contributed by atoms with Gasteiger partial charge in [0, 0.05) is 23.6 Å². The summed E-state index contributed by atoms with van der Waals surface area (Å²) in [4.78, 5) is 12.8. The summed E-state index contributed by atoms with van der Waals surface area (Å²) in [6, 6.07) is 18.9. The van der Waals surface area contributed by atoms with E-state index in [9.17, 15) is 8.42 Å². The number of rotatable bonds is 8. The molecule has 4 rings (SSSR count). The monoisotopic (exact) mass is 462 g/mol. The molecule has 0 bridgehead atoms. The predicted molar refractivity (Wildman–Crippen MR) is 128 cm³/mol. The zero-order valence-corrected chi connectivity index (χ0v) is 18.8. The Kier molecular flexibility index (Phi) is 6.36. The summed E-state index contributed by atoms with van der Waals surface area (Å²) in [6.45, 7) is 1.79. The highest BCUT2D eigenvalue weighted by Gasteiger charge is 2.15. The fourth-order valence-corrected chi connectivity index (χ4v) is 4.21. The van der Waals surface area contributed by atoms with E-state index in [4.69, 9.17) is 4.74 Å². The summed E-state index contributed by atoms with van der Waals surface area (Å²) >= 11 is 0. The Hall–Kier alpha value is -4.18. The van der Waals surface area contributed by atoms with Crippen LogP contribution >= 0.6 is 0 Å². The third-order valence-corrected chi connectivity index (χ3v) is 6.05. The second kappa shape index (κ2) is 9.53. The van der Waals surface area contributed by atoms with Crippen LogP contribution in [0.4, 0.5) is 28.8 Å². The third-order valence-electron chi connectivity index (χ3n) is 4.67. The lowest BCUT2D eigenvalue weighted by Gasteiger charge is -2.12. The van der Waals surface area contributed by atoms with Crippen molar-refractivity contribution in [2.75, 3.05) is 22.5 Å². The second-order valence-electron chi connectivity index (χ2n) is 7.07. The van der Waals surface area contributed by atoms with Crippen LogP contribution in [0.3, 0.4) is 0 Å². The highest BCUT2D eigenvalue weighted by Crippen LogP contribution is 2.24. The van der Waals surface area contributed by atoms with E-state index in [0.717, 1.165) is 11.3 Å². The fraction of sp³-hybridized carbons (Fsp3) is 0.0870. The lowest BCUT2D eigenvalue weighted by atomic mass is 10.2. The van der Waals surface area contributed by atoms with E-state index in [2.05, 4.69) is 30.3 Å². The van der Waals surface area contributed by atoms with Gasteiger partial charge in [0.15, 0.2) is 0 Å².